The van der Waals surface area contributed by atoms with Gasteiger partial charge in [0, 0.05) is 24.7 Å². The molecule has 6 heteroatoms. The standard InChI is InChI=1S/C11H14F2N2OS/c1-15(2)10(16)7-14-8-5-3-4-6-9(8)17-11(12)13/h3-6,11,14H,7H2,1-2H3. The number of likely N-dealkylation sites (N-methyl/N-ethyl adjacent to an activating group) is 1. The van der Waals surface area contributed by atoms with Gasteiger partial charge in [-0.25, -0.2) is 0 Å². The van der Waals surface area contributed by atoms with Crippen LogP contribution in [0.25, 0.3) is 0 Å². The highest BCUT2D eigenvalue weighted by Gasteiger charge is 2.10. The summed E-state index contributed by atoms with van der Waals surface area (Å²) in [4.78, 5) is 13.2. The molecule has 0 unspecified atom stereocenters. The molecule has 1 aromatic carbocycles. The number of carbonyl (C=O) groups excluding carboxylic acids is 1. The Morgan fingerprint density at radius 2 is 2.06 bits per heavy atom. The van der Waals surface area contributed by atoms with E-state index < -0.39 is 5.76 Å². The first-order chi connectivity index (χ1) is 8.00. The molecule has 1 aromatic rings. The highest BCUT2D eigenvalue weighted by molar-refractivity contribution is 7.99. The van der Waals surface area contributed by atoms with Gasteiger partial charge in [0.1, 0.15) is 0 Å². The van der Waals surface area contributed by atoms with Gasteiger partial charge in [0.2, 0.25) is 5.91 Å². The summed E-state index contributed by atoms with van der Waals surface area (Å²) in [5.41, 5.74) is 0.549. The number of nitrogens with zero attached hydrogens (tertiary/aromatic N) is 1. The Morgan fingerprint density at radius 1 is 1.41 bits per heavy atom. The summed E-state index contributed by atoms with van der Waals surface area (Å²) in [6, 6.07) is 6.69. The average molecular weight is 260 g/mol. The van der Waals surface area contributed by atoms with Crippen molar-refractivity contribution in [1.82, 2.24) is 4.90 Å². The quantitative estimate of drug-likeness (QED) is 0.826. The van der Waals surface area contributed by atoms with Crippen molar-refractivity contribution in [3.63, 3.8) is 0 Å². The minimum absolute atomic E-state index is 0.0911. The molecule has 17 heavy (non-hydrogen) atoms. The van der Waals surface area contributed by atoms with E-state index in [2.05, 4.69) is 5.32 Å². The molecule has 0 radical (unpaired) electrons. The van der Waals surface area contributed by atoms with Crippen LogP contribution in [0.4, 0.5) is 14.5 Å². The lowest BCUT2D eigenvalue weighted by molar-refractivity contribution is -0.126. The maximum Gasteiger partial charge on any atom is 0.288 e. The van der Waals surface area contributed by atoms with Crippen LogP contribution in [-0.2, 0) is 4.79 Å². The molecule has 1 rings (SSSR count). The van der Waals surface area contributed by atoms with Crippen LogP contribution in [0.5, 0.6) is 0 Å². The number of alkyl halides is 2. The van der Waals surface area contributed by atoms with Crippen molar-refractivity contribution in [1.29, 1.82) is 0 Å². The van der Waals surface area contributed by atoms with Crippen LogP contribution in [0.2, 0.25) is 0 Å². The number of hydrogen-bond donors (Lipinski definition) is 1. The molecule has 0 atom stereocenters. The van der Waals surface area contributed by atoms with Crippen molar-refractivity contribution >= 4 is 23.4 Å². The van der Waals surface area contributed by atoms with E-state index >= 15 is 0 Å². The van der Waals surface area contributed by atoms with Gasteiger partial charge in [-0.05, 0) is 12.1 Å². The fraction of sp³-hybridized carbons (Fsp3) is 0.364. The Morgan fingerprint density at radius 3 is 2.65 bits per heavy atom. The maximum absolute atomic E-state index is 12.3. The lowest BCUT2D eigenvalue weighted by Gasteiger charge is -2.14. The predicted molar refractivity (Wildman–Crippen MR) is 65.5 cm³/mol. The Balaban J connectivity index is 2.67. The fourth-order valence-electron chi connectivity index (χ4n) is 1.14. The van der Waals surface area contributed by atoms with Crippen molar-refractivity contribution in [3.8, 4) is 0 Å². The number of thioether (sulfide) groups is 1. The Kier molecular flexibility index (Phi) is 5.21. The SMILES string of the molecule is CN(C)C(=O)CNc1ccccc1SC(F)F. The van der Waals surface area contributed by atoms with E-state index in [0.717, 1.165) is 0 Å². The van der Waals surface area contributed by atoms with E-state index in [9.17, 15) is 13.6 Å². The van der Waals surface area contributed by atoms with Gasteiger partial charge in [-0.1, -0.05) is 23.9 Å². The van der Waals surface area contributed by atoms with Crippen LogP contribution in [-0.4, -0.2) is 37.2 Å². The molecule has 1 amide bonds. The molecule has 0 aromatic heterocycles. The molecule has 0 bridgehead atoms. The topological polar surface area (TPSA) is 32.3 Å². The summed E-state index contributed by atoms with van der Waals surface area (Å²) in [5.74, 6) is -2.58. The Labute approximate surface area is 103 Å². The maximum atomic E-state index is 12.3. The molecule has 0 spiro atoms. The number of amides is 1. The molecule has 3 nitrogen and oxygen atoms in total. The van der Waals surface area contributed by atoms with Gasteiger partial charge in [-0.3, -0.25) is 4.79 Å². The second kappa shape index (κ2) is 6.44. The number of benzene rings is 1. The number of carbonyl (C=O) groups is 1. The number of para-hydroxylation sites is 1. The number of anilines is 1. The number of nitrogens with one attached hydrogen (secondary N) is 1. The number of halogens is 2. The second-order valence-corrected chi connectivity index (χ2v) is 4.55. The smallest absolute Gasteiger partial charge is 0.288 e. The van der Waals surface area contributed by atoms with Crippen LogP contribution in [0.1, 0.15) is 0 Å². The average Bonchev–Trinajstić information content (AvgIpc) is 2.26. The summed E-state index contributed by atoms with van der Waals surface area (Å²) < 4.78 is 24.6. The molecular weight excluding hydrogens is 246 g/mol. The molecular formula is C11H14F2N2OS. The number of hydrogen-bond acceptors (Lipinski definition) is 3. The van der Waals surface area contributed by atoms with Crippen molar-refractivity contribution < 1.29 is 13.6 Å². The third-order valence-corrected chi connectivity index (χ3v) is 2.82. The van der Waals surface area contributed by atoms with Crippen molar-refractivity contribution in [2.24, 2.45) is 0 Å². The van der Waals surface area contributed by atoms with Crippen LogP contribution in [0.15, 0.2) is 29.2 Å². The van der Waals surface area contributed by atoms with E-state index in [1.54, 1.807) is 38.4 Å². The molecule has 1 N–H and O–H groups in total. The van der Waals surface area contributed by atoms with E-state index in [-0.39, 0.29) is 12.5 Å². The third kappa shape index (κ3) is 4.60. The lowest BCUT2D eigenvalue weighted by atomic mass is 10.3. The van der Waals surface area contributed by atoms with Crippen molar-refractivity contribution in [2.45, 2.75) is 10.7 Å². The van der Waals surface area contributed by atoms with Crippen LogP contribution < -0.4 is 5.32 Å². The van der Waals surface area contributed by atoms with Gasteiger partial charge < -0.3 is 10.2 Å². The molecule has 0 heterocycles. The zero-order chi connectivity index (χ0) is 12.8. The molecule has 0 saturated heterocycles. The van der Waals surface area contributed by atoms with Gasteiger partial charge >= 0.3 is 0 Å². The minimum atomic E-state index is -2.47. The van der Waals surface area contributed by atoms with Gasteiger partial charge in [-0.15, -0.1) is 0 Å². The van der Waals surface area contributed by atoms with E-state index in [1.807, 2.05) is 0 Å². The fourth-order valence-corrected chi connectivity index (χ4v) is 1.76. The Hall–Kier alpha value is -1.30. The van der Waals surface area contributed by atoms with Crippen molar-refractivity contribution in [2.75, 3.05) is 26.0 Å². The number of rotatable bonds is 5. The molecule has 0 aliphatic heterocycles. The van der Waals surface area contributed by atoms with Gasteiger partial charge in [0.05, 0.1) is 6.54 Å². The summed E-state index contributed by atoms with van der Waals surface area (Å²) in [7, 11) is 3.29. The largest absolute Gasteiger partial charge is 0.375 e. The minimum Gasteiger partial charge on any atom is -0.375 e. The first-order valence-corrected chi connectivity index (χ1v) is 5.86. The van der Waals surface area contributed by atoms with E-state index in [1.165, 1.54) is 4.90 Å². The van der Waals surface area contributed by atoms with E-state index in [4.69, 9.17) is 0 Å². The summed E-state index contributed by atoms with van der Waals surface area (Å²) >= 11 is 0.464. The zero-order valence-corrected chi connectivity index (χ0v) is 10.4. The Bertz CT molecular complexity index is 385. The molecule has 0 aliphatic rings. The first-order valence-electron chi connectivity index (χ1n) is 4.98. The summed E-state index contributed by atoms with van der Waals surface area (Å²) in [5, 5.41) is 2.85. The predicted octanol–water partition coefficient (Wildman–Crippen LogP) is 2.50. The lowest BCUT2D eigenvalue weighted by Crippen LogP contribution is -2.28. The summed E-state index contributed by atoms with van der Waals surface area (Å²) in [6.07, 6.45) is 0. The van der Waals surface area contributed by atoms with E-state index in [0.29, 0.717) is 22.3 Å². The van der Waals surface area contributed by atoms with Gasteiger partial charge in [0.25, 0.3) is 5.76 Å². The molecule has 0 aliphatic carbocycles. The van der Waals surface area contributed by atoms with Gasteiger partial charge in [-0.2, -0.15) is 8.78 Å². The highest BCUT2D eigenvalue weighted by atomic mass is 32.2. The van der Waals surface area contributed by atoms with Gasteiger partial charge in [0.15, 0.2) is 0 Å². The first kappa shape index (κ1) is 13.8. The molecule has 94 valence electrons. The van der Waals surface area contributed by atoms with Crippen molar-refractivity contribution in [3.05, 3.63) is 24.3 Å². The van der Waals surface area contributed by atoms with Crippen LogP contribution in [0, 0.1) is 0 Å². The normalized spacial score (nSPS) is 10.4. The zero-order valence-electron chi connectivity index (χ0n) is 9.61. The van der Waals surface area contributed by atoms with Crippen LogP contribution in [0.3, 0.4) is 0 Å². The monoisotopic (exact) mass is 260 g/mol. The molecule has 0 fully saturated rings. The van der Waals surface area contributed by atoms with Crippen LogP contribution >= 0.6 is 11.8 Å². The highest BCUT2D eigenvalue weighted by Crippen LogP contribution is 2.31. The second-order valence-electron chi connectivity index (χ2n) is 3.52. The third-order valence-electron chi connectivity index (χ3n) is 2.03. The molecule has 0 saturated carbocycles. The summed E-state index contributed by atoms with van der Waals surface area (Å²) in [6.45, 7) is 0.0911.